The summed E-state index contributed by atoms with van der Waals surface area (Å²) in [4.78, 5) is 24.2. The van der Waals surface area contributed by atoms with Gasteiger partial charge in [0.1, 0.15) is 5.69 Å². The lowest BCUT2D eigenvalue weighted by atomic mass is 9.94. The minimum atomic E-state index is -0.812. The second-order valence-electron chi connectivity index (χ2n) is 4.36. The highest BCUT2D eigenvalue weighted by Gasteiger charge is 2.35. The first-order valence-corrected chi connectivity index (χ1v) is 5.62. The van der Waals surface area contributed by atoms with E-state index >= 15 is 0 Å². The van der Waals surface area contributed by atoms with Gasteiger partial charge in [0.05, 0.1) is 18.8 Å². The lowest BCUT2D eigenvalue weighted by Crippen LogP contribution is -2.20. The van der Waals surface area contributed by atoms with E-state index in [2.05, 4.69) is 0 Å². The van der Waals surface area contributed by atoms with Gasteiger partial charge in [0.25, 0.3) is 0 Å². The minimum Gasteiger partial charge on any atom is -0.492 e. The van der Waals surface area contributed by atoms with E-state index in [-0.39, 0.29) is 22.9 Å². The third-order valence-electron chi connectivity index (χ3n) is 3.32. The Hall–Kier alpha value is -1.88. The average Bonchev–Trinajstić information content (AvgIpc) is 2.58. The zero-order chi connectivity index (χ0) is 13.6. The van der Waals surface area contributed by atoms with E-state index in [1.807, 2.05) is 0 Å². The SMILES string of the molecule is COC1=CC(=O)c2c(c(C(C)O)c(C)n2C)C1=O. The summed E-state index contributed by atoms with van der Waals surface area (Å²) < 4.78 is 6.55. The number of carbonyl (C=O) groups excluding carboxylic acids is 2. The Morgan fingerprint density at radius 3 is 2.50 bits per heavy atom. The van der Waals surface area contributed by atoms with Crippen LogP contribution < -0.4 is 0 Å². The van der Waals surface area contributed by atoms with Crippen molar-refractivity contribution in [1.82, 2.24) is 4.57 Å². The summed E-state index contributed by atoms with van der Waals surface area (Å²) in [6.45, 7) is 3.35. The first-order valence-electron chi connectivity index (χ1n) is 5.62. The van der Waals surface area contributed by atoms with Gasteiger partial charge in [-0.2, -0.15) is 0 Å². The van der Waals surface area contributed by atoms with Gasteiger partial charge in [-0.15, -0.1) is 0 Å². The molecule has 0 amide bonds. The Balaban J connectivity index is 2.78. The summed E-state index contributed by atoms with van der Waals surface area (Å²) in [6, 6.07) is 0. The van der Waals surface area contributed by atoms with Crippen molar-refractivity contribution < 1.29 is 19.4 Å². The van der Waals surface area contributed by atoms with Crippen LogP contribution in [0, 0.1) is 6.92 Å². The maximum atomic E-state index is 12.2. The average molecular weight is 249 g/mol. The molecule has 0 fully saturated rings. The van der Waals surface area contributed by atoms with Gasteiger partial charge in [0, 0.05) is 24.4 Å². The fourth-order valence-corrected chi connectivity index (χ4v) is 2.38. The summed E-state index contributed by atoms with van der Waals surface area (Å²) in [5.74, 6) is -0.620. The summed E-state index contributed by atoms with van der Waals surface area (Å²) in [6.07, 6.45) is 0.378. The van der Waals surface area contributed by atoms with Crippen LogP contribution in [-0.4, -0.2) is 28.3 Å². The molecule has 2 rings (SSSR count). The molecule has 1 N–H and O–H groups in total. The number of methoxy groups -OCH3 is 1. The third-order valence-corrected chi connectivity index (χ3v) is 3.32. The maximum absolute atomic E-state index is 12.2. The molecule has 0 radical (unpaired) electrons. The van der Waals surface area contributed by atoms with Crippen LogP contribution in [0.5, 0.6) is 0 Å². The molecule has 1 aromatic rings. The van der Waals surface area contributed by atoms with Gasteiger partial charge in [0.15, 0.2) is 5.76 Å². The molecular weight excluding hydrogens is 234 g/mol. The molecule has 1 aliphatic carbocycles. The summed E-state index contributed by atoms with van der Waals surface area (Å²) >= 11 is 0. The van der Waals surface area contributed by atoms with Gasteiger partial charge < -0.3 is 14.4 Å². The number of aromatic nitrogens is 1. The molecule has 1 unspecified atom stereocenters. The number of aliphatic hydroxyl groups excluding tert-OH is 1. The van der Waals surface area contributed by atoms with Crippen molar-refractivity contribution in [2.45, 2.75) is 20.0 Å². The van der Waals surface area contributed by atoms with Crippen LogP contribution in [0.25, 0.3) is 0 Å². The van der Waals surface area contributed by atoms with Gasteiger partial charge in [-0.05, 0) is 13.8 Å². The molecule has 1 atom stereocenters. The number of hydrogen-bond acceptors (Lipinski definition) is 4. The minimum absolute atomic E-state index is 0.0139. The van der Waals surface area contributed by atoms with Gasteiger partial charge in [-0.1, -0.05) is 0 Å². The topological polar surface area (TPSA) is 68.5 Å². The number of ketones is 2. The fourth-order valence-electron chi connectivity index (χ4n) is 2.38. The van der Waals surface area contributed by atoms with E-state index in [1.165, 1.54) is 13.2 Å². The van der Waals surface area contributed by atoms with Crippen molar-refractivity contribution in [2.24, 2.45) is 7.05 Å². The van der Waals surface area contributed by atoms with Crippen LogP contribution in [0.2, 0.25) is 0 Å². The molecule has 18 heavy (non-hydrogen) atoms. The number of carbonyl (C=O) groups is 2. The Morgan fingerprint density at radius 1 is 1.39 bits per heavy atom. The van der Waals surface area contributed by atoms with Crippen LogP contribution in [0.3, 0.4) is 0 Å². The van der Waals surface area contributed by atoms with E-state index < -0.39 is 6.10 Å². The summed E-state index contributed by atoms with van der Waals surface area (Å²) in [5.41, 5.74) is 1.78. The number of nitrogens with zero attached hydrogens (tertiary/aromatic N) is 1. The smallest absolute Gasteiger partial charge is 0.230 e. The van der Waals surface area contributed by atoms with Crippen LogP contribution in [0.15, 0.2) is 11.8 Å². The standard InChI is InChI=1S/C13H15NO4/c1-6-10(7(2)15)11-12(14(6)3)8(16)5-9(18-4)13(11)17/h5,7,15H,1-4H3. The Labute approximate surface area is 105 Å². The van der Waals surface area contributed by atoms with Crippen molar-refractivity contribution in [3.63, 3.8) is 0 Å². The predicted molar refractivity (Wildman–Crippen MR) is 64.5 cm³/mol. The Morgan fingerprint density at radius 2 is 2.00 bits per heavy atom. The summed E-state index contributed by atoms with van der Waals surface area (Å²) in [5, 5.41) is 9.80. The monoisotopic (exact) mass is 249 g/mol. The van der Waals surface area contributed by atoms with Gasteiger partial charge in [-0.25, -0.2) is 0 Å². The largest absolute Gasteiger partial charge is 0.492 e. The fraction of sp³-hybridized carbons (Fsp3) is 0.385. The van der Waals surface area contributed by atoms with E-state index in [9.17, 15) is 14.7 Å². The summed E-state index contributed by atoms with van der Waals surface area (Å²) in [7, 11) is 3.05. The molecule has 96 valence electrons. The first-order chi connectivity index (χ1) is 8.40. The lowest BCUT2D eigenvalue weighted by Gasteiger charge is -2.13. The number of hydrogen-bond donors (Lipinski definition) is 1. The molecule has 0 saturated heterocycles. The molecule has 0 saturated carbocycles. The molecule has 1 aromatic heterocycles. The zero-order valence-corrected chi connectivity index (χ0v) is 10.8. The number of aliphatic hydroxyl groups is 1. The molecule has 5 nitrogen and oxygen atoms in total. The molecule has 0 bridgehead atoms. The van der Waals surface area contributed by atoms with Crippen molar-refractivity contribution in [3.8, 4) is 0 Å². The maximum Gasteiger partial charge on any atom is 0.230 e. The van der Waals surface area contributed by atoms with Gasteiger partial charge in [0.2, 0.25) is 11.6 Å². The van der Waals surface area contributed by atoms with Crippen molar-refractivity contribution >= 4 is 11.6 Å². The number of fused-ring (bicyclic) bond motifs is 1. The predicted octanol–water partition coefficient (Wildman–Crippen LogP) is 1.30. The van der Waals surface area contributed by atoms with Crippen molar-refractivity contribution in [2.75, 3.05) is 7.11 Å². The van der Waals surface area contributed by atoms with Crippen LogP contribution in [0.4, 0.5) is 0 Å². The van der Waals surface area contributed by atoms with Crippen LogP contribution in [-0.2, 0) is 11.8 Å². The normalized spacial score (nSPS) is 16.4. The van der Waals surface area contributed by atoms with Crippen LogP contribution in [0.1, 0.15) is 45.1 Å². The Kier molecular flexibility index (Phi) is 2.86. The number of allylic oxidation sites excluding steroid dienone is 2. The Bertz CT molecular complexity index is 578. The second-order valence-corrected chi connectivity index (χ2v) is 4.36. The van der Waals surface area contributed by atoms with E-state index in [1.54, 1.807) is 25.5 Å². The molecule has 1 aliphatic rings. The number of rotatable bonds is 2. The second kappa shape index (κ2) is 4.10. The van der Waals surface area contributed by atoms with Crippen LogP contribution >= 0.6 is 0 Å². The highest BCUT2D eigenvalue weighted by molar-refractivity contribution is 6.24. The first kappa shape index (κ1) is 12.6. The number of ether oxygens (including phenoxy) is 1. The molecule has 0 aliphatic heterocycles. The quantitative estimate of drug-likeness (QED) is 0.857. The van der Waals surface area contributed by atoms with Gasteiger partial charge >= 0.3 is 0 Å². The molecular formula is C13H15NO4. The lowest BCUT2D eigenvalue weighted by molar-refractivity contribution is 0.0909. The van der Waals surface area contributed by atoms with E-state index in [0.29, 0.717) is 17.0 Å². The zero-order valence-electron chi connectivity index (χ0n) is 10.8. The molecule has 0 aromatic carbocycles. The molecule has 0 spiro atoms. The molecule has 5 heteroatoms. The van der Waals surface area contributed by atoms with E-state index in [4.69, 9.17) is 4.74 Å². The molecule has 1 heterocycles. The van der Waals surface area contributed by atoms with E-state index in [0.717, 1.165) is 0 Å². The highest BCUT2D eigenvalue weighted by atomic mass is 16.5. The van der Waals surface area contributed by atoms with Gasteiger partial charge in [-0.3, -0.25) is 9.59 Å². The van der Waals surface area contributed by atoms with Crippen molar-refractivity contribution in [1.29, 1.82) is 0 Å². The number of Topliss-reactive ketones (excluding diaryl/α,β-unsaturated/α-hetero) is 1. The van der Waals surface area contributed by atoms with Crippen molar-refractivity contribution in [3.05, 3.63) is 34.3 Å². The highest BCUT2D eigenvalue weighted by Crippen LogP contribution is 2.32. The third kappa shape index (κ3) is 1.51.